The van der Waals surface area contributed by atoms with Gasteiger partial charge in [0.2, 0.25) is 6.08 Å². The lowest BCUT2D eigenvalue weighted by molar-refractivity contribution is 0.180. The first-order valence-electron chi connectivity index (χ1n) is 20.1. The summed E-state index contributed by atoms with van der Waals surface area (Å²) >= 11 is 0. The first-order valence-corrected chi connectivity index (χ1v) is 20.1. The number of aliphatic imine (C=N–C) groups is 1. The number of hydrogen-bond donors (Lipinski definition) is 2. The molecule has 8 rings (SSSR count). The minimum Gasteiger partial charge on any atom is -0.338 e. The van der Waals surface area contributed by atoms with E-state index in [0.29, 0.717) is 12.6 Å². The van der Waals surface area contributed by atoms with Crippen molar-refractivity contribution in [1.29, 1.82) is 0 Å². The van der Waals surface area contributed by atoms with Crippen molar-refractivity contribution in [3.8, 4) is 0 Å². The Balaban J connectivity index is 0.000000161. The minimum atomic E-state index is 0.0897. The number of rotatable bonds is 10. The first-order chi connectivity index (χ1) is 26.6. The zero-order valence-electron chi connectivity index (χ0n) is 32.2. The van der Waals surface area contributed by atoms with Crippen molar-refractivity contribution in [2.24, 2.45) is 4.99 Å². The van der Waals surface area contributed by atoms with E-state index in [1.807, 2.05) is 0 Å². The Morgan fingerprint density at radius 1 is 0.741 bits per heavy atom. The Morgan fingerprint density at radius 3 is 1.94 bits per heavy atom. The second-order valence-electron chi connectivity index (χ2n) is 14.7. The molecular formula is C48H56N4O2. The van der Waals surface area contributed by atoms with E-state index in [9.17, 15) is 9.59 Å². The van der Waals surface area contributed by atoms with E-state index in [0.717, 1.165) is 77.4 Å². The molecule has 0 saturated heterocycles. The number of benzene rings is 4. The van der Waals surface area contributed by atoms with Crippen LogP contribution in [0.2, 0.25) is 0 Å². The lowest BCUT2D eigenvalue weighted by atomic mass is 9.89. The number of nitrogens with one attached hydrogen (secondary N) is 2. The fourth-order valence-electron chi connectivity index (χ4n) is 8.34. The lowest BCUT2D eigenvalue weighted by Gasteiger charge is -2.37. The zero-order valence-corrected chi connectivity index (χ0v) is 32.2. The Bertz CT molecular complexity index is 1940. The number of hydrogen-bond acceptors (Lipinski definition) is 4. The summed E-state index contributed by atoms with van der Waals surface area (Å²) in [7, 11) is 0. The average Bonchev–Trinajstić information content (AvgIpc) is 3.79. The van der Waals surface area contributed by atoms with Crippen LogP contribution in [-0.2, 0) is 30.5 Å². The molecule has 2 heterocycles. The fraction of sp³-hybridized carbons (Fsp3) is 0.375. The molecule has 0 radical (unpaired) electrons. The van der Waals surface area contributed by atoms with Gasteiger partial charge in [-0.3, -0.25) is 0 Å². The second-order valence-corrected chi connectivity index (χ2v) is 14.7. The van der Waals surface area contributed by atoms with Crippen LogP contribution in [-0.4, -0.2) is 55.3 Å². The van der Waals surface area contributed by atoms with Crippen molar-refractivity contribution in [2.45, 2.75) is 90.1 Å². The van der Waals surface area contributed by atoms with Crippen LogP contribution < -0.4 is 10.6 Å². The Kier molecular flexibility index (Phi) is 14.2. The molecule has 0 saturated carbocycles. The number of carbonyl (C=O) groups is 1. The molecule has 2 atom stereocenters. The molecule has 280 valence electrons. The highest BCUT2D eigenvalue weighted by Gasteiger charge is 2.36. The van der Waals surface area contributed by atoms with E-state index in [4.69, 9.17) is 0 Å². The fourth-order valence-corrected chi connectivity index (χ4v) is 8.34. The van der Waals surface area contributed by atoms with E-state index in [2.05, 4.69) is 144 Å². The molecule has 0 spiro atoms. The molecule has 2 aliphatic carbocycles. The summed E-state index contributed by atoms with van der Waals surface area (Å²) in [5.74, 6) is 0. The van der Waals surface area contributed by atoms with Crippen LogP contribution >= 0.6 is 0 Å². The number of amides is 2. The molecule has 4 aromatic carbocycles. The molecular weight excluding hydrogens is 665 g/mol. The molecule has 2 amide bonds. The van der Waals surface area contributed by atoms with Gasteiger partial charge >= 0.3 is 6.03 Å². The van der Waals surface area contributed by atoms with Crippen LogP contribution in [0.25, 0.3) is 11.1 Å². The van der Waals surface area contributed by atoms with Crippen molar-refractivity contribution in [1.82, 2.24) is 15.5 Å². The third-order valence-electron chi connectivity index (χ3n) is 11.1. The van der Waals surface area contributed by atoms with Crippen molar-refractivity contribution >= 4 is 23.3 Å². The van der Waals surface area contributed by atoms with Crippen molar-refractivity contribution in [3.05, 3.63) is 154 Å². The third kappa shape index (κ3) is 9.74. The first kappa shape index (κ1) is 38.7. The molecule has 2 aliphatic heterocycles. The number of isocyanates is 1. The van der Waals surface area contributed by atoms with Gasteiger partial charge in [-0.1, -0.05) is 136 Å². The summed E-state index contributed by atoms with van der Waals surface area (Å²) in [6.45, 7) is 7.50. The maximum atomic E-state index is 12.9. The van der Waals surface area contributed by atoms with Gasteiger partial charge in [0, 0.05) is 19.1 Å². The van der Waals surface area contributed by atoms with Gasteiger partial charge in [-0.15, -0.1) is 0 Å². The van der Waals surface area contributed by atoms with E-state index >= 15 is 0 Å². The highest BCUT2D eigenvalue weighted by atomic mass is 16.2. The average molecular weight is 721 g/mol. The van der Waals surface area contributed by atoms with Crippen molar-refractivity contribution in [2.75, 3.05) is 26.2 Å². The van der Waals surface area contributed by atoms with E-state index in [1.54, 1.807) is 11.1 Å². The topological polar surface area (TPSA) is 73.8 Å². The summed E-state index contributed by atoms with van der Waals surface area (Å²) in [6, 6.07) is 39.8. The summed E-state index contributed by atoms with van der Waals surface area (Å²) in [5.41, 5.74) is 14.7. The standard InChI is InChI=1S/C24H28N2O.C19H19N.C5H9NO/c1-2-3-14-25-24(27)26-15-13-21-20-12-8-7-11-19(20)17-22(21)23(26)16-18-9-5-4-6-10-18;1-2-6-14(7-3-1)12-19-18-13-15-8-4-5-9-16(15)17(18)10-11-20-19;1-2-3-4-6-5-7/h4-12,23H,2-3,13-17H2,1H3,(H,25,27);1-9,19-20H,10-13H2;2-4H2,1H3. The van der Waals surface area contributed by atoms with E-state index < -0.39 is 0 Å². The predicted octanol–water partition coefficient (Wildman–Crippen LogP) is 9.55. The van der Waals surface area contributed by atoms with Crippen molar-refractivity contribution in [3.63, 3.8) is 0 Å². The van der Waals surface area contributed by atoms with Crippen LogP contribution in [0.15, 0.2) is 125 Å². The molecule has 6 nitrogen and oxygen atoms in total. The highest BCUT2D eigenvalue weighted by Crippen LogP contribution is 2.42. The summed E-state index contributed by atoms with van der Waals surface area (Å²) in [5, 5.41) is 6.85. The smallest absolute Gasteiger partial charge is 0.317 e. The Labute approximate surface area is 322 Å². The lowest BCUT2D eigenvalue weighted by Crippen LogP contribution is -2.50. The number of unbranched alkanes of at least 4 members (excludes halogenated alkanes) is 2. The SMILES string of the molecule is CCCCN=C=O.CCCCNC(=O)N1CCC2=C(Cc3ccccc32)C1Cc1ccccc1.c1ccc(CC2NCCC3=C2Cc2ccccc23)cc1. The number of nitrogens with zero attached hydrogens (tertiary/aromatic N) is 2. The Morgan fingerprint density at radius 2 is 1.31 bits per heavy atom. The van der Waals surface area contributed by atoms with Gasteiger partial charge in [-0.05, 0) is 114 Å². The van der Waals surface area contributed by atoms with E-state index in [-0.39, 0.29) is 12.1 Å². The third-order valence-corrected chi connectivity index (χ3v) is 11.1. The number of carbonyl (C=O) groups excluding carboxylic acids is 2. The molecule has 0 bridgehead atoms. The van der Waals surface area contributed by atoms with Crippen molar-refractivity contribution < 1.29 is 9.59 Å². The van der Waals surface area contributed by atoms with Crippen LogP contribution in [0.1, 0.15) is 85.8 Å². The van der Waals surface area contributed by atoms with Crippen LogP contribution in [0.4, 0.5) is 4.79 Å². The van der Waals surface area contributed by atoms with Gasteiger partial charge in [0.1, 0.15) is 0 Å². The van der Waals surface area contributed by atoms with Gasteiger partial charge in [0.05, 0.1) is 12.6 Å². The molecule has 2 unspecified atom stereocenters. The molecule has 4 aromatic rings. The van der Waals surface area contributed by atoms with Crippen LogP contribution in [0.3, 0.4) is 0 Å². The molecule has 2 N–H and O–H groups in total. The van der Waals surface area contributed by atoms with Gasteiger partial charge < -0.3 is 15.5 Å². The molecule has 54 heavy (non-hydrogen) atoms. The molecule has 6 heteroatoms. The summed E-state index contributed by atoms with van der Waals surface area (Å²) in [4.78, 5) is 27.7. The van der Waals surface area contributed by atoms with Crippen LogP contribution in [0, 0.1) is 0 Å². The highest BCUT2D eigenvalue weighted by molar-refractivity contribution is 5.82. The molecule has 0 fully saturated rings. The maximum absolute atomic E-state index is 12.9. The van der Waals surface area contributed by atoms with Gasteiger partial charge in [-0.25, -0.2) is 14.6 Å². The minimum absolute atomic E-state index is 0.0897. The normalized spacial score (nSPS) is 17.8. The summed E-state index contributed by atoms with van der Waals surface area (Å²) < 4.78 is 0. The monoisotopic (exact) mass is 720 g/mol. The molecule has 4 aliphatic rings. The largest absolute Gasteiger partial charge is 0.338 e. The second kappa shape index (κ2) is 19.9. The summed E-state index contributed by atoms with van der Waals surface area (Å²) in [6.07, 6.45) is 11.9. The Hall–Kier alpha value is -5.03. The predicted molar refractivity (Wildman–Crippen MR) is 222 cm³/mol. The quantitative estimate of drug-likeness (QED) is 0.0974. The maximum Gasteiger partial charge on any atom is 0.317 e. The van der Waals surface area contributed by atoms with Gasteiger partial charge in [-0.2, -0.15) is 0 Å². The van der Waals surface area contributed by atoms with E-state index in [1.165, 1.54) is 57.0 Å². The van der Waals surface area contributed by atoms with Crippen LogP contribution in [0.5, 0.6) is 0 Å². The number of fused-ring (bicyclic) bond motifs is 4. The molecule has 0 aromatic heterocycles. The number of urea groups is 1. The van der Waals surface area contributed by atoms with Gasteiger partial charge in [0.25, 0.3) is 0 Å². The van der Waals surface area contributed by atoms with Gasteiger partial charge in [0.15, 0.2) is 0 Å². The zero-order chi connectivity index (χ0) is 37.5.